The lowest BCUT2D eigenvalue weighted by atomic mass is 10.1. The first-order chi connectivity index (χ1) is 13.3. The van der Waals surface area contributed by atoms with Crippen LogP contribution in [0.3, 0.4) is 0 Å². The van der Waals surface area contributed by atoms with Crippen LogP contribution in [0.4, 0.5) is 5.13 Å². The van der Waals surface area contributed by atoms with Gasteiger partial charge in [-0.2, -0.15) is 0 Å². The lowest BCUT2D eigenvalue weighted by Crippen LogP contribution is -2.13. The van der Waals surface area contributed by atoms with Crippen molar-refractivity contribution in [3.8, 4) is 22.6 Å². The molecule has 7 heteroatoms. The van der Waals surface area contributed by atoms with E-state index >= 15 is 0 Å². The van der Waals surface area contributed by atoms with Gasteiger partial charge < -0.3 is 9.73 Å². The summed E-state index contributed by atoms with van der Waals surface area (Å²) in [5.41, 5.74) is 2.69. The van der Waals surface area contributed by atoms with Crippen molar-refractivity contribution >= 4 is 34.1 Å². The first-order valence-electron chi connectivity index (χ1n) is 8.23. The van der Waals surface area contributed by atoms with Gasteiger partial charge >= 0.3 is 0 Å². The highest BCUT2D eigenvalue weighted by Gasteiger charge is 2.18. The number of hydrogen-bond donors (Lipinski definition) is 1. The van der Waals surface area contributed by atoms with Crippen LogP contribution in [0.5, 0.6) is 0 Å². The number of aromatic nitrogens is 2. The van der Waals surface area contributed by atoms with E-state index in [1.165, 1.54) is 23.1 Å². The van der Waals surface area contributed by atoms with Gasteiger partial charge in [-0.25, -0.2) is 9.97 Å². The zero-order valence-electron chi connectivity index (χ0n) is 14.2. The van der Waals surface area contributed by atoms with E-state index in [1.54, 1.807) is 6.20 Å². The summed E-state index contributed by atoms with van der Waals surface area (Å²) in [5, 5.41) is 5.62. The van der Waals surface area contributed by atoms with Crippen molar-refractivity contribution in [2.75, 3.05) is 11.1 Å². The van der Waals surface area contributed by atoms with Crippen molar-refractivity contribution < 1.29 is 9.21 Å². The third-order valence-corrected chi connectivity index (χ3v) is 5.21. The number of carbonyl (C=O) groups excluding carboxylic acids is 1. The molecule has 0 saturated carbocycles. The van der Waals surface area contributed by atoms with E-state index in [9.17, 15) is 4.79 Å². The molecule has 0 saturated heterocycles. The number of nitrogens with one attached hydrogen (secondary N) is 1. The van der Waals surface area contributed by atoms with Gasteiger partial charge in [0.25, 0.3) is 5.22 Å². The number of hydrogen-bond acceptors (Lipinski definition) is 6. The molecule has 4 aromatic rings. The van der Waals surface area contributed by atoms with Crippen LogP contribution in [0.15, 0.2) is 81.9 Å². The molecule has 5 nitrogen and oxygen atoms in total. The van der Waals surface area contributed by atoms with E-state index in [4.69, 9.17) is 4.42 Å². The summed E-state index contributed by atoms with van der Waals surface area (Å²) in [6.45, 7) is 0. The van der Waals surface area contributed by atoms with Gasteiger partial charge in [-0.05, 0) is 0 Å². The topological polar surface area (TPSA) is 68.0 Å². The maximum absolute atomic E-state index is 12.1. The number of anilines is 1. The molecule has 0 fully saturated rings. The largest absolute Gasteiger partial charge is 0.431 e. The number of nitrogens with zero attached hydrogens (tertiary/aromatic N) is 2. The van der Waals surface area contributed by atoms with Crippen LogP contribution in [0.1, 0.15) is 0 Å². The summed E-state index contributed by atoms with van der Waals surface area (Å²) in [5.74, 6) is 0.753. The molecule has 2 aromatic heterocycles. The Kier molecular flexibility index (Phi) is 5.32. The fourth-order valence-corrected chi connectivity index (χ4v) is 3.68. The van der Waals surface area contributed by atoms with Gasteiger partial charge in [0, 0.05) is 22.7 Å². The Bertz CT molecular complexity index is 959. The molecule has 2 heterocycles. The monoisotopic (exact) mass is 393 g/mol. The SMILES string of the molecule is O=C(CSc1nc(-c2ccccc2)c(-c2ccccc2)o1)Nc1nccs1. The quantitative estimate of drug-likeness (QED) is 0.456. The van der Waals surface area contributed by atoms with Crippen LogP contribution in [0.25, 0.3) is 22.6 Å². The average molecular weight is 393 g/mol. The van der Waals surface area contributed by atoms with Crippen molar-refractivity contribution in [1.29, 1.82) is 0 Å². The third-order valence-electron chi connectivity index (χ3n) is 3.70. The molecule has 1 N–H and O–H groups in total. The predicted molar refractivity (Wildman–Crippen MR) is 109 cm³/mol. The van der Waals surface area contributed by atoms with Crippen LogP contribution in [-0.4, -0.2) is 21.6 Å². The zero-order chi connectivity index (χ0) is 18.5. The smallest absolute Gasteiger partial charge is 0.257 e. The van der Waals surface area contributed by atoms with Crippen LogP contribution in [0, 0.1) is 0 Å². The van der Waals surface area contributed by atoms with Gasteiger partial charge in [0.15, 0.2) is 10.9 Å². The van der Waals surface area contributed by atoms with Crippen LogP contribution in [-0.2, 0) is 4.79 Å². The maximum Gasteiger partial charge on any atom is 0.257 e. The number of rotatable bonds is 6. The molecule has 0 unspecified atom stereocenters. The first kappa shape index (κ1) is 17.5. The van der Waals surface area contributed by atoms with E-state index in [0.717, 1.165) is 16.8 Å². The standard InChI is InChI=1S/C20H15N3O2S2/c24-16(22-19-21-11-12-26-19)13-27-20-23-17(14-7-3-1-4-8-14)18(25-20)15-9-5-2-6-10-15/h1-12H,13H2,(H,21,22,24). The molecule has 1 amide bonds. The molecule has 0 aliphatic rings. The van der Waals surface area contributed by atoms with Crippen LogP contribution >= 0.6 is 23.1 Å². The Morgan fingerprint density at radius 3 is 2.41 bits per heavy atom. The number of amides is 1. The van der Waals surface area contributed by atoms with Crippen molar-refractivity contribution in [3.05, 3.63) is 72.2 Å². The minimum absolute atomic E-state index is 0.143. The molecule has 134 valence electrons. The van der Waals surface area contributed by atoms with Crippen molar-refractivity contribution in [2.45, 2.75) is 5.22 Å². The van der Waals surface area contributed by atoms with Crippen LogP contribution < -0.4 is 5.32 Å². The highest BCUT2D eigenvalue weighted by atomic mass is 32.2. The molecule has 27 heavy (non-hydrogen) atoms. The van der Waals surface area contributed by atoms with Crippen molar-refractivity contribution in [1.82, 2.24) is 9.97 Å². The van der Waals surface area contributed by atoms with E-state index in [-0.39, 0.29) is 11.7 Å². The molecule has 0 bridgehead atoms. The zero-order valence-corrected chi connectivity index (χ0v) is 15.8. The second-order valence-corrected chi connectivity index (χ2v) is 7.38. The fraction of sp³-hybridized carbons (Fsp3) is 0.0500. The summed E-state index contributed by atoms with van der Waals surface area (Å²) in [6.07, 6.45) is 1.65. The molecule has 4 rings (SSSR count). The summed E-state index contributed by atoms with van der Waals surface area (Å²) >= 11 is 2.64. The fourth-order valence-electron chi connectivity index (χ4n) is 2.51. The van der Waals surface area contributed by atoms with E-state index in [2.05, 4.69) is 15.3 Å². The number of oxazole rings is 1. The number of thioether (sulfide) groups is 1. The Morgan fingerprint density at radius 1 is 1.04 bits per heavy atom. The van der Waals surface area contributed by atoms with Gasteiger partial charge in [0.05, 0.1) is 5.75 Å². The average Bonchev–Trinajstić information content (AvgIpc) is 3.38. The Labute approximate surface area is 164 Å². The van der Waals surface area contributed by atoms with Crippen LogP contribution in [0.2, 0.25) is 0 Å². The van der Waals surface area contributed by atoms with Crippen molar-refractivity contribution in [2.24, 2.45) is 0 Å². The summed E-state index contributed by atoms with van der Waals surface area (Å²) in [6, 6.07) is 19.7. The minimum Gasteiger partial charge on any atom is -0.431 e. The van der Waals surface area contributed by atoms with E-state index in [0.29, 0.717) is 16.1 Å². The minimum atomic E-state index is -0.143. The molecule has 0 radical (unpaired) electrons. The summed E-state index contributed by atoms with van der Waals surface area (Å²) < 4.78 is 6.00. The van der Waals surface area contributed by atoms with Gasteiger partial charge in [0.1, 0.15) is 5.69 Å². The second kappa shape index (κ2) is 8.20. The number of carbonyl (C=O) groups is 1. The molecule has 2 aromatic carbocycles. The second-order valence-electron chi connectivity index (χ2n) is 5.56. The van der Waals surface area contributed by atoms with Gasteiger partial charge in [0.2, 0.25) is 5.91 Å². The highest BCUT2D eigenvalue weighted by molar-refractivity contribution is 7.99. The number of benzene rings is 2. The van der Waals surface area contributed by atoms with Crippen molar-refractivity contribution in [3.63, 3.8) is 0 Å². The maximum atomic E-state index is 12.1. The lowest BCUT2D eigenvalue weighted by Gasteiger charge is -2.00. The Balaban J connectivity index is 1.57. The Hall–Kier alpha value is -2.90. The molecule has 0 aliphatic carbocycles. The van der Waals surface area contributed by atoms with Gasteiger partial charge in [-0.1, -0.05) is 72.4 Å². The molecule has 0 aliphatic heterocycles. The van der Waals surface area contributed by atoms with Gasteiger partial charge in [-0.15, -0.1) is 11.3 Å². The highest BCUT2D eigenvalue weighted by Crippen LogP contribution is 2.35. The molecular weight excluding hydrogens is 378 g/mol. The first-order valence-corrected chi connectivity index (χ1v) is 10.1. The summed E-state index contributed by atoms with van der Waals surface area (Å²) in [7, 11) is 0. The summed E-state index contributed by atoms with van der Waals surface area (Å²) in [4.78, 5) is 20.8. The van der Waals surface area contributed by atoms with Gasteiger partial charge in [-0.3, -0.25) is 4.79 Å². The molecule has 0 spiro atoms. The predicted octanol–water partition coefficient (Wildman–Crippen LogP) is 5.20. The third kappa shape index (κ3) is 4.27. The molecule has 0 atom stereocenters. The molecular formula is C20H15N3O2S2. The Morgan fingerprint density at radius 2 is 1.74 bits per heavy atom. The number of thiazole rings is 1. The lowest BCUT2D eigenvalue weighted by molar-refractivity contribution is -0.113. The normalized spacial score (nSPS) is 10.7. The van der Waals surface area contributed by atoms with E-state index < -0.39 is 0 Å². The van der Waals surface area contributed by atoms with E-state index in [1.807, 2.05) is 66.0 Å².